The molecule has 0 saturated carbocycles. The van der Waals surface area contributed by atoms with Crippen LogP contribution in [-0.4, -0.2) is 50.6 Å². The molecule has 2 aromatic heterocycles. The summed E-state index contributed by atoms with van der Waals surface area (Å²) in [5, 5.41) is 1.15. The number of aromatic amines is 1. The van der Waals surface area contributed by atoms with Crippen LogP contribution < -0.4 is 0 Å². The maximum atomic E-state index is 13.3. The first-order valence-electron chi connectivity index (χ1n) is 11.9. The van der Waals surface area contributed by atoms with Crippen molar-refractivity contribution in [3.8, 4) is 0 Å². The molecule has 4 heterocycles. The summed E-state index contributed by atoms with van der Waals surface area (Å²) >= 11 is 0. The number of benzene rings is 2. The number of piperidine rings is 1. The van der Waals surface area contributed by atoms with Gasteiger partial charge in [0.1, 0.15) is 5.65 Å². The molecular formula is C28H24N4O3. The number of nitrogens with zero attached hydrogens (tertiary/aromatic N) is 3. The van der Waals surface area contributed by atoms with E-state index in [-0.39, 0.29) is 24.3 Å². The number of hydrogen-bond donors (Lipinski definition) is 1. The summed E-state index contributed by atoms with van der Waals surface area (Å²) in [4.78, 5) is 49.5. The maximum Gasteiger partial charge on any atom is 0.261 e. The van der Waals surface area contributed by atoms with Gasteiger partial charge in [-0.25, -0.2) is 4.98 Å². The van der Waals surface area contributed by atoms with Crippen molar-refractivity contribution in [3.63, 3.8) is 0 Å². The number of nitrogens with one attached hydrogen (secondary N) is 1. The zero-order valence-electron chi connectivity index (χ0n) is 19.1. The Kier molecular flexibility index (Phi) is 5.17. The Labute approximate surface area is 202 Å². The summed E-state index contributed by atoms with van der Waals surface area (Å²) < 4.78 is 0. The first-order valence-corrected chi connectivity index (χ1v) is 11.9. The molecule has 0 atom stereocenters. The summed E-state index contributed by atoms with van der Waals surface area (Å²) in [6.07, 6.45) is 5.61. The molecule has 1 N–H and O–H groups in total. The second kappa shape index (κ2) is 8.51. The predicted molar refractivity (Wildman–Crippen MR) is 131 cm³/mol. The fraction of sp³-hybridized carbons (Fsp3) is 0.214. The smallest absolute Gasteiger partial charge is 0.261 e. The number of H-pyrrole nitrogens is 1. The molecule has 7 heteroatoms. The molecule has 0 unspecified atom stereocenters. The van der Waals surface area contributed by atoms with Gasteiger partial charge in [0.15, 0.2) is 0 Å². The maximum absolute atomic E-state index is 13.3. The van der Waals surface area contributed by atoms with Crippen molar-refractivity contribution in [2.75, 3.05) is 13.1 Å². The summed E-state index contributed by atoms with van der Waals surface area (Å²) in [5.74, 6) is -0.223. The van der Waals surface area contributed by atoms with Gasteiger partial charge in [-0.2, -0.15) is 0 Å². The van der Waals surface area contributed by atoms with Crippen LogP contribution in [0.3, 0.4) is 0 Å². The lowest BCUT2D eigenvalue weighted by molar-refractivity contribution is 0.0642. The number of rotatable bonds is 4. The average molecular weight is 465 g/mol. The lowest BCUT2D eigenvalue weighted by atomic mass is 9.89. The van der Waals surface area contributed by atoms with Crippen molar-refractivity contribution in [3.05, 3.63) is 101 Å². The van der Waals surface area contributed by atoms with Crippen LogP contribution in [0.1, 0.15) is 61.0 Å². The van der Waals surface area contributed by atoms with E-state index in [1.165, 1.54) is 10.5 Å². The molecule has 3 amide bonds. The minimum Gasteiger partial charge on any atom is -0.346 e. The first kappa shape index (κ1) is 21.3. The van der Waals surface area contributed by atoms with Crippen molar-refractivity contribution in [2.24, 2.45) is 0 Å². The Morgan fingerprint density at radius 2 is 1.69 bits per heavy atom. The largest absolute Gasteiger partial charge is 0.346 e. The highest BCUT2D eigenvalue weighted by atomic mass is 16.2. The molecule has 0 bridgehead atoms. The zero-order valence-corrected chi connectivity index (χ0v) is 19.1. The quantitative estimate of drug-likeness (QED) is 0.454. The van der Waals surface area contributed by atoms with Gasteiger partial charge in [-0.1, -0.05) is 24.3 Å². The molecule has 6 rings (SSSR count). The Morgan fingerprint density at radius 3 is 2.43 bits per heavy atom. The van der Waals surface area contributed by atoms with Crippen molar-refractivity contribution in [1.29, 1.82) is 0 Å². The third-order valence-electron chi connectivity index (χ3n) is 7.10. The molecule has 35 heavy (non-hydrogen) atoms. The Balaban J connectivity index is 1.14. The van der Waals surface area contributed by atoms with Gasteiger partial charge in [-0.3, -0.25) is 19.3 Å². The lowest BCUT2D eigenvalue weighted by Gasteiger charge is -2.32. The van der Waals surface area contributed by atoms with E-state index in [0.717, 1.165) is 29.4 Å². The van der Waals surface area contributed by atoms with Gasteiger partial charge in [-0.15, -0.1) is 0 Å². The van der Waals surface area contributed by atoms with Crippen LogP contribution in [-0.2, 0) is 6.54 Å². The summed E-state index contributed by atoms with van der Waals surface area (Å²) in [6, 6.07) is 18.1. The van der Waals surface area contributed by atoms with Crippen LogP contribution in [0.15, 0.2) is 73.1 Å². The molecule has 2 aliphatic heterocycles. The second-order valence-electron chi connectivity index (χ2n) is 9.15. The van der Waals surface area contributed by atoms with Gasteiger partial charge in [0.25, 0.3) is 17.7 Å². The van der Waals surface area contributed by atoms with Gasteiger partial charge in [0.05, 0.1) is 17.7 Å². The summed E-state index contributed by atoms with van der Waals surface area (Å²) in [5.41, 5.74) is 4.36. The van der Waals surface area contributed by atoms with Gasteiger partial charge in [0.2, 0.25) is 0 Å². The molecular weight excluding hydrogens is 440 g/mol. The van der Waals surface area contributed by atoms with E-state index in [0.29, 0.717) is 35.7 Å². The second-order valence-corrected chi connectivity index (χ2v) is 9.15. The van der Waals surface area contributed by atoms with Gasteiger partial charge >= 0.3 is 0 Å². The SMILES string of the molecule is O=C(c1cccc(CN2C(=O)c3ccccc3C2=O)c1)N1CCC(c2c[nH]c3ncccc23)CC1. The number of carbonyl (C=O) groups is 3. The number of aromatic nitrogens is 2. The fourth-order valence-electron chi connectivity index (χ4n) is 5.26. The van der Waals surface area contributed by atoms with Gasteiger partial charge in [0, 0.05) is 36.4 Å². The normalized spacial score (nSPS) is 16.2. The van der Waals surface area contributed by atoms with Crippen LogP contribution in [0.25, 0.3) is 11.0 Å². The van der Waals surface area contributed by atoms with Crippen molar-refractivity contribution in [1.82, 2.24) is 19.8 Å². The van der Waals surface area contributed by atoms with E-state index in [9.17, 15) is 14.4 Å². The number of pyridine rings is 1. The summed E-state index contributed by atoms with van der Waals surface area (Å²) in [6.45, 7) is 1.50. The highest BCUT2D eigenvalue weighted by molar-refractivity contribution is 6.21. The highest BCUT2D eigenvalue weighted by Crippen LogP contribution is 2.33. The highest BCUT2D eigenvalue weighted by Gasteiger charge is 2.35. The molecule has 174 valence electrons. The number of fused-ring (bicyclic) bond motifs is 2. The van der Waals surface area contributed by atoms with Crippen LogP contribution in [0.4, 0.5) is 0 Å². The molecule has 4 aromatic rings. The third kappa shape index (κ3) is 3.69. The van der Waals surface area contributed by atoms with Crippen LogP contribution >= 0.6 is 0 Å². The number of carbonyl (C=O) groups excluding carboxylic acids is 3. The van der Waals surface area contributed by atoms with Gasteiger partial charge in [-0.05, 0) is 66.3 Å². The molecule has 2 aliphatic rings. The van der Waals surface area contributed by atoms with E-state index >= 15 is 0 Å². The fourth-order valence-corrected chi connectivity index (χ4v) is 5.26. The number of hydrogen-bond acceptors (Lipinski definition) is 4. The standard InChI is InChI=1S/C28H24N4O3/c33-26(31-13-10-19(11-14-31)24-16-30-25-21(24)9-4-12-29-25)20-6-3-5-18(15-20)17-32-27(34)22-7-1-2-8-23(22)28(32)35/h1-9,12,15-16,19H,10-11,13-14,17H2,(H,29,30). The first-order chi connectivity index (χ1) is 17.1. The monoisotopic (exact) mass is 464 g/mol. The van der Waals surface area contributed by atoms with Crippen molar-refractivity contribution >= 4 is 28.8 Å². The molecule has 2 aromatic carbocycles. The van der Waals surface area contributed by atoms with E-state index < -0.39 is 0 Å². The minimum atomic E-state index is -0.295. The van der Waals surface area contributed by atoms with E-state index in [1.54, 1.807) is 42.6 Å². The zero-order chi connectivity index (χ0) is 23.9. The van der Waals surface area contributed by atoms with Crippen LogP contribution in [0.2, 0.25) is 0 Å². The molecule has 1 fully saturated rings. The average Bonchev–Trinajstić information content (AvgIpc) is 3.44. The molecule has 7 nitrogen and oxygen atoms in total. The molecule has 0 spiro atoms. The Morgan fingerprint density at radius 1 is 0.943 bits per heavy atom. The lowest BCUT2D eigenvalue weighted by Crippen LogP contribution is -2.38. The molecule has 0 radical (unpaired) electrons. The summed E-state index contributed by atoms with van der Waals surface area (Å²) in [7, 11) is 0. The Bertz CT molecular complexity index is 1430. The predicted octanol–water partition coefficient (Wildman–Crippen LogP) is 4.38. The van der Waals surface area contributed by atoms with E-state index in [4.69, 9.17) is 0 Å². The van der Waals surface area contributed by atoms with Crippen molar-refractivity contribution in [2.45, 2.75) is 25.3 Å². The molecule has 0 aliphatic carbocycles. The molecule has 1 saturated heterocycles. The van der Waals surface area contributed by atoms with E-state index in [2.05, 4.69) is 16.0 Å². The third-order valence-corrected chi connectivity index (χ3v) is 7.10. The van der Waals surface area contributed by atoms with Gasteiger partial charge < -0.3 is 9.88 Å². The number of imide groups is 1. The Hall–Kier alpha value is -4.26. The van der Waals surface area contributed by atoms with Crippen LogP contribution in [0.5, 0.6) is 0 Å². The van der Waals surface area contributed by atoms with E-state index in [1.807, 2.05) is 29.3 Å². The van der Waals surface area contributed by atoms with Crippen LogP contribution in [0, 0.1) is 0 Å². The van der Waals surface area contributed by atoms with Crippen molar-refractivity contribution < 1.29 is 14.4 Å². The number of likely N-dealkylation sites (tertiary alicyclic amines) is 1. The number of amides is 3. The minimum absolute atomic E-state index is 0.0201. The topological polar surface area (TPSA) is 86.4 Å².